The molecule has 0 aliphatic heterocycles. The summed E-state index contributed by atoms with van der Waals surface area (Å²) in [6.07, 6.45) is 0. The second-order valence-electron chi connectivity index (χ2n) is 3.22. The van der Waals surface area contributed by atoms with Gasteiger partial charge >= 0.3 is 0 Å². The number of rotatable bonds is 4. The van der Waals surface area contributed by atoms with Crippen LogP contribution in [0.4, 0.5) is 8.78 Å². The molecule has 1 aromatic carbocycles. The summed E-state index contributed by atoms with van der Waals surface area (Å²) in [6.45, 7) is -0.314. The smallest absolute Gasteiger partial charge is 0.257 e. The molecule has 0 atom stereocenters. The van der Waals surface area contributed by atoms with Crippen molar-refractivity contribution in [1.29, 1.82) is 0 Å². The Bertz CT molecular complexity index is 511. The molecule has 17 heavy (non-hydrogen) atoms. The van der Waals surface area contributed by atoms with Crippen LogP contribution in [0, 0.1) is 11.6 Å². The van der Waals surface area contributed by atoms with Crippen LogP contribution in [-0.4, -0.2) is 26.6 Å². The summed E-state index contributed by atoms with van der Waals surface area (Å²) in [5.41, 5.74) is -0.748. The number of nitrogens with one attached hydrogen (secondary N) is 1. The molecule has 0 saturated carbocycles. The van der Waals surface area contributed by atoms with Crippen molar-refractivity contribution in [2.24, 2.45) is 5.14 Å². The summed E-state index contributed by atoms with van der Waals surface area (Å²) in [6, 6.07) is 2.97. The van der Waals surface area contributed by atoms with E-state index >= 15 is 0 Å². The number of halogens is 2. The molecule has 0 radical (unpaired) electrons. The summed E-state index contributed by atoms with van der Waals surface area (Å²) in [5, 5.41) is 6.75. The van der Waals surface area contributed by atoms with E-state index in [0.717, 1.165) is 18.2 Å². The van der Waals surface area contributed by atoms with Gasteiger partial charge in [-0.25, -0.2) is 22.3 Å². The minimum Gasteiger partial charge on any atom is -0.351 e. The molecule has 0 saturated heterocycles. The number of amides is 1. The van der Waals surface area contributed by atoms with Crippen LogP contribution in [-0.2, 0) is 10.0 Å². The Hall–Kier alpha value is -1.54. The van der Waals surface area contributed by atoms with Gasteiger partial charge in [-0.2, -0.15) is 0 Å². The van der Waals surface area contributed by atoms with Crippen molar-refractivity contribution in [3.63, 3.8) is 0 Å². The number of carbonyl (C=O) groups excluding carboxylic acids is 1. The Kier molecular flexibility index (Phi) is 4.13. The lowest BCUT2D eigenvalue weighted by atomic mass is 10.2. The van der Waals surface area contributed by atoms with Crippen LogP contribution in [0.5, 0.6) is 0 Å². The van der Waals surface area contributed by atoms with Gasteiger partial charge in [0.15, 0.2) is 0 Å². The van der Waals surface area contributed by atoms with Gasteiger partial charge in [0.25, 0.3) is 5.91 Å². The average molecular weight is 264 g/mol. The van der Waals surface area contributed by atoms with E-state index in [-0.39, 0.29) is 6.54 Å². The third kappa shape index (κ3) is 4.08. The fraction of sp³-hybridized carbons (Fsp3) is 0.222. The number of benzene rings is 1. The fourth-order valence-electron chi connectivity index (χ4n) is 1.11. The Morgan fingerprint density at radius 2 is 1.82 bits per heavy atom. The summed E-state index contributed by atoms with van der Waals surface area (Å²) >= 11 is 0. The van der Waals surface area contributed by atoms with Crippen LogP contribution >= 0.6 is 0 Å². The lowest BCUT2D eigenvalue weighted by Gasteiger charge is -2.06. The minimum absolute atomic E-state index is 0.314. The van der Waals surface area contributed by atoms with Crippen molar-refractivity contribution in [2.45, 2.75) is 0 Å². The minimum atomic E-state index is -3.72. The number of carbonyl (C=O) groups is 1. The van der Waals surface area contributed by atoms with Crippen molar-refractivity contribution in [1.82, 2.24) is 5.32 Å². The molecule has 0 heterocycles. The van der Waals surface area contributed by atoms with Crippen LogP contribution in [0.2, 0.25) is 0 Å². The van der Waals surface area contributed by atoms with E-state index in [1.807, 2.05) is 0 Å². The molecule has 1 aromatic rings. The molecular formula is C9H10F2N2O3S. The molecule has 0 bridgehead atoms. The lowest BCUT2D eigenvalue weighted by molar-refractivity contribution is 0.0947. The van der Waals surface area contributed by atoms with Crippen LogP contribution in [0.1, 0.15) is 10.4 Å². The first-order valence-corrected chi connectivity index (χ1v) is 6.25. The van der Waals surface area contributed by atoms with Crippen LogP contribution in [0.15, 0.2) is 18.2 Å². The highest BCUT2D eigenvalue weighted by Crippen LogP contribution is 2.11. The zero-order valence-electron chi connectivity index (χ0n) is 8.61. The van der Waals surface area contributed by atoms with Gasteiger partial charge in [0, 0.05) is 6.54 Å². The zero-order valence-corrected chi connectivity index (χ0v) is 9.43. The second kappa shape index (κ2) is 5.19. The topological polar surface area (TPSA) is 89.3 Å². The van der Waals surface area contributed by atoms with Crippen molar-refractivity contribution < 1.29 is 22.0 Å². The normalized spacial score (nSPS) is 11.2. The third-order valence-electron chi connectivity index (χ3n) is 1.86. The van der Waals surface area contributed by atoms with E-state index in [1.165, 1.54) is 0 Å². The predicted molar refractivity (Wildman–Crippen MR) is 56.7 cm³/mol. The van der Waals surface area contributed by atoms with E-state index in [0.29, 0.717) is 0 Å². The highest BCUT2D eigenvalue weighted by molar-refractivity contribution is 7.89. The molecule has 0 aliphatic rings. The highest BCUT2D eigenvalue weighted by atomic mass is 32.2. The molecule has 0 aromatic heterocycles. The maximum absolute atomic E-state index is 13.1. The van der Waals surface area contributed by atoms with Crippen LogP contribution in [0.25, 0.3) is 0 Å². The first-order chi connectivity index (χ1) is 7.81. The number of sulfonamides is 1. The van der Waals surface area contributed by atoms with Gasteiger partial charge in [-0.15, -0.1) is 0 Å². The molecule has 3 N–H and O–H groups in total. The standard InChI is InChI=1S/C9H10F2N2O3S/c10-6-2-1-3-7(11)8(6)9(14)13-4-5-17(12,15)16/h1-3H,4-5H2,(H,13,14)(H2,12,15,16). The van der Waals surface area contributed by atoms with Gasteiger partial charge < -0.3 is 5.32 Å². The zero-order chi connectivity index (χ0) is 13.1. The molecule has 8 heteroatoms. The number of nitrogens with two attached hydrogens (primary N) is 1. The van der Waals surface area contributed by atoms with Crippen molar-refractivity contribution in [3.8, 4) is 0 Å². The number of primary sulfonamides is 1. The summed E-state index contributed by atoms with van der Waals surface area (Å²) < 4.78 is 47.4. The Morgan fingerprint density at radius 1 is 1.29 bits per heavy atom. The summed E-state index contributed by atoms with van der Waals surface area (Å²) in [5.74, 6) is -3.56. The van der Waals surface area contributed by atoms with Gasteiger partial charge in [-0.1, -0.05) is 6.07 Å². The number of hydrogen-bond donors (Lipinski definition) is 2. The SMILES string of the molecule is NS(=O)(=O)CCNC(=O)c1c(F)cccc1F. The first-order valence-electron chi connectivity index (χ1n) is 4.54. The summed E-state index contributed by atoms with van der Waals surface area (Å²) in [4.78, 5) is 11.3. The maximum Gasteiger partial charge on any atom is 0.257 e. The molecular weight excluding hydrogens is 254 g/mol. The molecule has 0 aliphatic carbocycles. The molecule has 94 valence electrons. The van der Waals surface area contributed by atoms with Gasteiger partial charge in [-0.05, 0) is 12.1 Å². The average Bonchev–Trinajstić information content (AvgIpc) is 2.15. The van der Waals surface area contributed by atoms with E-state index in [9.17, 15) is 22.0 Å². The molecule has 0 fully saturated rings. The number of hydrogen-bond acceptors (Lipinski definition) is 3. The molecule has 0 unspecified atom stereocenters. The Balaban J connectivity index is 2.71. The second-order valence-corrected chi connectivity index (χ2v) is 4.95. The first kappa shape index (κ1) is 13.5. The van der Waals surface area contributed by atoms with Crippen LogP contribution in [0.3, 0.4) is 0 Å². The van der Waals surface area contributed by atoms with Gasteiger partial charge in [0.1, 0.15) is 17.2 Å². The predicted octanol–water partition coefficient (Wildman–Crippen LogP) is -0.0169. The van der Waals surface area contributed by atoms with Gasteiger partial charge in [0.2, 0.25) is 10.0 Å². The van der Waals surface area contributed by atoms with Crippen molar-refractivity contribution >= 4 is 15.9 Å². The third-order valence-corrected chi connectivity index (χ3v) is 2.64. The Morgan fingerprint density at radius 3 is 2.29 bits per heavy atom. The van der Waals surface area contributed by atoms with Crippen molar-refractivity contribution in [2.75, 3.05) is 12.3 Å². The van der Waals surface area contributed by atoms with Gasteiger partial charge in [0.05, 0.1) is 5.75 Å². The quantitative estimate of drug-likeness (QED) is 0.801. The molecule has 0 spiro atoms. The largest absolute Gasteiger partial charge is 0.351 e. The van der Waals surface area contributed by atoms with Gasteiger partial charge in [-0.3, -0.25) is 4.79 Å². The highest BCUT2D eigenvalue weighted by Gasteiger charge is 2.16. The Labute approximate surface area is 96.7 Å². The molecule has 5 nitrogen and oxygen atoms in total. The van der Waals surface area contributed by atoms with Crippen LogP contribution < -0.4 is 10.5 Å². The van der Waals surface area contributed by atoms with E-state index < -0.39 is 38.9 Å². The monoisotopic (exact) mass is 264 g/mol. The summed E-state index contributed by atoms with van der Waals surface area (Å²) in [7, 11) is -3.72. The van der Waals surface area contributed by atoms with Crippen molar-refractivity contribution in [3.05, 3.63) is 35.4 Å². The fourth-order valence-corrected chi connectivity index (χ4v) is 1.50. The maximum atomic E-state index is 13.1. The molecule has 1 rings (SSSR count). The molecule has 1 amide bonds. The van der Waals surface area contributed by atoms with E-state index in [1.54, 1.807) is 0 Å². The van der Waals surface area contributed by atoms with E-state index in [2.05, 4.69) is 5.32 Å². The lowest BCUT2D eigenvalue weighted by Crippen LogP contribution is -2.32. The van der Waals surface area contributed by atoms with E-state index in [4.69, 9.17) is 5.14 Å².